The van der Waals surface area contributed by atoms with Gasteiger partial charge in [-0.05, 0) is 23.7 Å². The zero-order valence-corrected chi connectivity index (χ0v) is 16.9. The normalized spacial score (nSPS) is 10.8. The molecule has 2 aromatic rings. The molecule has 0 aliphatic heterocycles. The topological polar surface area (TPSA) is 106 Å². The molecule has 0 unspecified atom stereocenters. The van der Waals surface area contributed by atoms with Crippen molar-refractivity contribution in [3.8, 4) is 0 Å². The van der Waals surface area contributed by atoms with Crippen molar-refractivity contribution in [2.75, 3.05) is 0 Å². The van der Waals surface area contributed by atoms with Gasteiger partial charge in [0.1, 0.15) is 0 Å². The quantitative estimate of drug-likeness (QED) is 0.578. The molecular weight excluding hydrogens is 462 g/mol. The van der Waals surface area contributed by atoms with Gasteiger partial charge in [0.2, 0.25) is 0 Å². The Balaban J connectivity index is 0. The predicted molar refractivity (Wildman–Crippen MR) is 72.6 cm³/mol. The number of rotatable bonds is 2. The second-order valence-corrected chi connectivity index (χ2v) is 7.07. The van der Waals surface area contributed by atoms with Gasteiger partial charge in [0.05, 0.1) is 0 Å². The van der Waals surface area contributed by atoms with E-state index in [2.05, 4.69) is 82.8 Å². The third-order valence-corrected chi connectivity index (χ3v) is 2.10. The molecular formula is C12H22N8Rh2-2. The molecule has 0 fully saturated rings. The molecule has 22 heavy (non-hydrogen) atoms. The summed E-state index contributed by atoms with van der Waals surface area (Å²) in [5.41, 5.74) is 0.440. The van der Waals surface area contributed by atoms with Crippen molar-refractivity contribution in [3.05, 3.63) is 11.6 Å². The first-order valence-corrected chi connectivity index (χ1v) is 6.51. The maximum absolute atomic E-state index is 3.73. The molecule has 2 radical (unpaired) electrons. The van der Waals surface area contributed by atoms with Gasteiger partial charge >= 0.3 is 0 Å². The van der Waals surface area contributed by atoms with Crippen molar-refractivity contribution in [1.29, 1.82) is 0 Å². The van der Waals surface area contributed by atoms with Gasteiger partial charge in [0.25, 0.3) is 0 Å². The second-order valence-electron chi connectivity index (χ2n) is 7.07. The predicted octanol–water partition coefficient (Wildman–Crippen LogP) is 0.830. The summed E-state index contributed by atoms with van der Waals surface area (Å²) in [7, 11) is 0. The molecule has 0 N–H and O–H groups in total. The van der Waals surface area contributed by atoms with E-state index in [9.17, 15) is 0 Å². The summed E-state index contributed by atoms with van der Waals surface area (Å²) >= 11 is 0. The Labute approximate surface area is 156 Å². The number of hydrogen-bond donors (Lipinski definition) is 0. The molecule has 0 aromatic carbocycles. The molecule has 0 saturated carbocycles. The zero-order valence-electron chi connectivity index (χ0n) is 13.7. The van der Waals surface area contributed by atoms with Crippen LogP contribution in [-0.4, -0.2) is 30.9 Å². The fraction of sp³-hybridized carbons (Fsp3) is 0.833. The van der Waals surface area contributed by atoms with Crippen LogP contribution in [0.25, 0.3) is 0 Å². The van der Waals surface area contributed by atoms with Gasteiger partial charge in [-0.1, -0.05) is 41.5 Å². The van der Waals surface area contributed by atoms with Crippen LogP contribution in [-0.2, 0) is 51.8 Å². The van der Waals surface area contributed by atoms with Crippen molar-refractivity contribution in [1.82, 2.24) is 41.2 Å². The first kappa shape index (κ1) is 23.6. The van der Waals surface area contributed by atoms with Crippen LogP contribution in [0.1, 0.15) is 53.2 Å². The summed E-state index contributed by atoms with van der Waals surface area (Å²) < 4.78 is 0. The third kappa shape index (κ3) is 12.0. The minimum absolute atomic E-state index is 0. The van der Waals surface area contributed by atoms with Crippen molar-refractivity contribution in [3.63, 3.8) is 0 Å². The van der Waals surface area contributed by atoms with E-state index < -0.39 is 0 Å². The van der Waals surface area contributed by atoms with Crippen molar-refractivity contribution in [2.24, 2.45) is 10.8 Å². The monoisotopic (exact) mass is 484 g/mol. The molecule has 2 heterocycles. The molecule has 0 aliphatic carbocycles. The van der Waals surface area contributed by atoms with Gasteiger partial charge < -0.3 is 10.2 Å². The Morgan fingerprint density at radius 1 is 0.818 bits per heavy atom. The summed E-state index contributed by atoms with van der Waals surface area (Å²) in [6, 6.07) is 0. The van der Waals surface area contributed by atoms with E-state index in [0.29, 0.717) is 0 Å². The fourth-order valence-corrected chi connectivity index (χ4v) is 1.42. The number of aromatic nitrogens is 8. The van der Waals surface area contributed by atoms with Crippen LogP contribution in [0.5, 0.6) is 0 Å². The van der Waals surface area contributed by atoms with Crippen molar-refractivity contribution < 1.29 is 39.0 Å². The Bertz CT molecular complexity index is 424. The summed E-state index contributed by atoms with van der Waals surface area (Å²) in [6.45, 7) is 12.8. The number of nitrogens with zero attached hydrogens (tertiary/aromatic N) is 8. The molecule has 130 valence electrons. The molecule has 10 heteroatoms. The van der Waals surface area contributed by atoms with Crippen LogP contribution in [0, 0.1) is 10.8 Å². The Hall–Kier alpha value is -0.613. The molecule has 0 atom stereocenters. The molecule has 0 spiro atoms. The van der Waals surface area contributed by atoms with E-state index in [1.807, 2.05) is 0 Å². The van der Waals surface area contributed by atoms with Crippen molar-refractivity contribution >= 4 is 0 Å². The van der Waals surface area contributed by atoms with E-state index in [0.717, 1.165) is 24.5 Å². The first-order chi connectivity index (χ1) is 9.16. The van der Waals surface area contributed by atoms with Gasteiger partial charge in [-0.3, -0.25) is 25.8 Å². The van der Waals surface area contributed by atoms with Crippen LogP contribution in [0.15, 0.2) is 0 Å². The van der Waals surface area contributed by atoms with Crippen LogP contribution in [0.3, 0.4) is 0 Å². The largest absolute Gasteiger partial charge is 0.335 e. The average molecular weight is 484 g/mol. The van der Waals surface area contributed by atoms with E-state index in [-0.39, 0.29) is 49.8 Å². The summed E-state index contributed by atoms with van der Waals surface area (Å²) in [4.78, 5) is 0. The zero-order chi connectivity index (χ0) is 15.2. The summed E-state index contributed by atoms with van der Waals surface area (Å²) in [5, 5.41) is 28.5. The average Bonchev–Trinajstić information content (AvgIpc) is 2.87. The Morgan fingerprint density at radius 2 is 1.41 bits per heavy atom. The van der Waals surface area contributed by atoms with E-state index in [1.165, 1.54) is 0 Å². The minimum Gasteiger partial charge on any atom is -0.335 e. The van der Waals surface area contributed by atoms with Gasteiger partial charge in [-0.15, -0.1) is 0 Å². The molecule has 0 amide bonds. The minimum atomic E-state index is 0. The van der Waals surface area contributed by atoms with Crippen LogP contribution < -0.4 is 10.3 Å². The van der Waals surface area contributed by atoms with Crippen molar-refractivity contribution in [2.45, 2.75) is 54.4 Å². The smallest absolute Gasteiger partial charge is 0.0430 e. The second kappa shape index (κ2) is 10.2. The third-order valence-electron chi connectivity index (χ3n) is 2.10. The molecule has 2 rings (SSSR count). The molecule has 0 bridgehead atoms. The van der Waals surface area contributed by atoms with Gasteiger partial charge in [-0.2, -0.15) is 5.21 Å². The van der Waals surface area contributed by atoms with E-state index in [4.69, 9.17) is 0 Å². The SMILES string of the molecule is CC(C)(C)Cc1nn[n-]n1.CC(C)(C)Cc1nnn[n-]1.[Rh].[Rh]. The molecule has 2 aromatic heterocycles. The Kier molecular flexibility index (Phi) is 11.0. The van der Waals surface area contributed by atoms with Gasteiger partial charge in [0, 0.05) is 50.6 Å². The fourth-order valence-electron chi connectivity index (χ4n) is 1.42. The maximum atomic E-state index is 3.73. The summed E-state index contributed by atoms with van der Waals surface area (Å²) in [6.07, 6.45) is 1.67. The van der Waals surface area contributed by atoms with Gasteiger partial charge in [-0.25, -0.2) is 0 Å². The van der Waals surface area contributed by atoms with E-state index in [1.54, 1.807) is 0 Å². The van der Waals surface area contributed by atoms with Crippen LogP contribution in [0.4, 0.5) is 0 Å². The Morgan fingerprint density at radius 3 is 1.77 bits per heavy atom. The standard InChI is InChI=1S/2C6H11N4.2Rh/c2*1-6(2,3)4-5-7-9-10-8-5;;/h2*4H2,1-3H3;;/q2*-1;;. The molecule has 8 nitrogen and oxygen atoms in total. The first-order valence-electron chi connectivity index (χ1n) is 6.51. The molecule has 0 saturated heterocycles. The molecule has 0 aliphatic rings. The van der Waals surface area contributed by atoms with E-state index >= 15 is 0 Å². The maximum Gasteiger partial charge on any atom is 0.0430 e. The van der Waals surface area contributed by atoms with Crippen LogP contribution in [0.2, 0.25) is 0 Å². The number of tetrazole rings is 2. The number of hydrogen-bond acceptors (Lipinski definition) is 6. The van der Waals surface area contributed by atoms with Crippen LogP contribution >= 0.6 is 0 Å². The summed E-state index contributed by atoms with van der Waals surface area (Å²) in [5.74, 6) is 1.46. The van der Waals surface area contributed by atoms with Gasteiger partial charge in [0.15, 0.2) is 0 Å².